The molecule has 2 amide bonds. The first-order chi connectivity index (χ1) is 11.5. The Morgan fingerprint density at radius 3 is 2.50 bits per heavy atom. The van der Waals surface area contributed by atoms with Crippen LogP contribution in [0.5, 0.6) is 0 Å². The number of carbonyl (C=O) groups excluding carboxylic acids is 2. The van der Waals surface area contributed by atoms with Crippen LogP contribution >= 0.6 is 24.8 Å². The van der Waals surface area contributed by atoms with Crippen LogP contribution in [0, 0.1) is 11.8 Å². The zero-order chi connectivity index (χ0) is 17.5. The van der Waals surface area contributed by atoms with Gasteiger partial charge < -0.3 is 16.4 Å². The third kappa shape index (κ3) is 7.50. The summed E-state index contributed by atoms with van der Waals surface area (Å²) in [6.45, 7) is 5.07. The topological polar surface area (TPSA) is 87.5 Å². The second kappa shape index (κ2) is 12.1. The normalized spacial score (nSPS) is 18.2. The van der Waals surface area contributed by atoms with Gasteiger partial charge in [0.15, 0.2) is 0 Å². The number of primary amides is 1. The predicted molar refractivity (Wildman–Crippen MR) is 110 cm³/mol. The van der Waals surface area contributed by atoms with E-state index in [1.807, 2.05) is 38.2 Å². The van der Waals surface area contributed by atoms with Crippen molar-refractivity contribution in [1.29, 1.82) is 0 Å². The van der Waals surface area contributed by atoms with Gasteiger partial charge in [-0.15, -0.1) is 24.8 Å². The highest BCUT2D eigenvalue weighted by molar-refractivity contribution is 5.92. The molecule has 0 spiro atoms. The fourth-order valence-electron chi connectivity index (χ4n) is 3.05. The summed E-state index contributed by atoms with van der Waals surface area (Å²) in [5.74, 6) is -0.300. The van der Waals surface area contributed by atoms with Crippen molar-refractivity contribution >= 4 is 42.3 Å². The number of piperidine rings is 1. The van der Waals surface area contributed by atoms with E-state index in [1.165, 1.54) is 5.56 Å². The lowest BCUT2D eigenvalue weighted by Crippen LogP contribution is -2.40. The number of benzene rings is 1. The third-order valence-electron chi connectivity index (χ3n) is 4.49. The van der Waals surface area contributed by atoms with Gasteiger partial charge in [0.25, 0.3) is 0 Å². The molecule has 1 aromatic carbocycles. The molecule has 1 aromatic rings. The molecule has 26 heavy (non-hydrogen) atoms. The first-order valence-electron chi connectivity index (χ1n) is 8.55. The van der Waals surface area contributed by atoms with Crippen molar-refractivity contribution in [3.63, 3.8) is 0 Å². The average molecular weight is 405 g/mol. The summed E-state index contributed by atoms with van der Waals surface area (Å²) in [4.78, 5) is 25.6. The van der Waals surface area contributed by atoms with Gasteiger partial charge in [-0.25, -0.2) is 0 Å². The number of halogens is 2. The first-order valence-corrected chi connectivity index (χ1v) is 8.55. The van der Waals surface area contributed by atoms with Gasteiger partial charge in [0.1, 0.15) is 0 Å². The van der Waals surface area contributed by atoms with E-state index in [2.05, 4.69) is 15.5 Å². The number of likely N-dealkylation sites (tertiary alicyclic amines) is 1. The average Bonchev–Trinajstić information content (AvgIpc) is 2.57. The van der Waals surface area contributed by atoms with Crippen molar-refractivity contribution in [2.24, 2.45) is 17.6 Å². The maximum absolute atomic E-state index is 12.0. The van der Waals surface area contributed by atoms with E-state index in [-0.39, 0.29) is 48.5 Å². The number of nitrogens with zero attached hydrogens (tertiary/aromatic N) is 1. The van der Waals surface area contributed by atoms with Crippen LogP contribution in [0.4, 0.5) is 5.69 Å². The van der Waals surface area contributed by atoms with Crippen molar-refractivity contribution in [3.8, 4) is 0 Å². The highest BCUT2D eigenvalue weighted by atomic mass is 35.5. The van der Waals surface area contributed by atoms with Crippen molar-refractivity contribution in [2.45, 2.75) is 26.3 Å². The molecule has 1 aliphatic rings. The molecular formula is C18H30Cl2N4O2. The summed E-state index contributed by atoms with van der Waals surface area (Å²) in [6.07, 6.45) is 1.90. The minimum absolute atomic E-state index is 0. The van der Waals surface area contributed by atoms with Gasteiger partial charge in [-0.3, -0.25) is 14.5 Å². The van der Waals surface area contributed by atoms with E-state index < -0.39 is 0 Å². The Morgan fingerprint density at radius 1 is 1.27 bits per heavy atom. The fourth-order valence-corrected chi connectivity index (χ4v) is 3.05. The third-order valence-corrected chi connectivity index (χ3v) is 4.49. The molecule has 1 saturated heterocycles. The van der Waals surface area contributed by atoms with Crippen molar-refractivity contribution in [1.82, 2.24) is 10.2 Å². The Labute approximate surface area is 168 Å². The Kier molecular flexibility index (Phi) is 11.5. The van der Waals surface area contributed by atoms with Crippen molar-refractivity contribution in [3.05, 3.63) is 29.8 Å². The minimum atomic E-state index is -0.201. The highest BCUT2D eigenvalue weighted by Crippen LogP contribution is 2.19. The quantitative estimate of drug-likeness (QED) is 0.648. The molecule has 2 atom stereocenters. The number of amides is 2. The molecular weight excluding hydrogens is 375 g/mol. The van der Waals surface area contributed by atoms with Crippen LogP contribution in [-0.2, 0) is 16.1 Å². The lowest BCUT2D eigenvalue weighted by atomic mass is 9.97. The van der Waals surface area contributed by atoms with Gasteiger partial charge in [-0.2, -0.15) is 0 Å². The van der Waals surface area contributed by atoms with E-state index in [1.54, 1.807) is 0 Å². The SMILES string of the molecule is CNCC(C)C(=O)Nc1ccc(CN2CCCC(C(N)=O)C2)cc1.Cl.Cl. The van der Waals surface area contributed by atoms with Crippen LogP contribution in [0.2, 0.25) is 0 Å². The van der Waals surface area contributed by atoms with Crippen LogP contribution in [0.1, 0.15) is 25.3 Å². The van der Waals surface area contributed by atoms with E-state index in [4.69, 9.17) is 5.73 Å². The monoisotopic (exact) mass is 404 g/mol. The zero-order valence-corrected chi connectivity index (χ0v) is 17.0. The Hall–Kier alpha value is -1.34. The molecule has 6 nitrogen and oxygen atoms in total. The number of rotatable bonds is 7. The minimum Gasteiger partial charge on any atom is -0.369 e. The summed E-state index contributed by atoms with van der Waals surface area (Å²) < 4.78 is 0. The summed E-state index contributed by atoms with van der Waals surface area (Å²) in [6, 6.07) is 7.89. The second-order valence-electron chi connectivity index (χ2n) is 6.62. The molecule has 1 heterocycles. The number of hydrogen-bond acceptors (Lipinski definition) is 4. The molecule has 4 N–H and O–H groups in total. The lowest BCUT2D eigenvalue weighted by molar-refractivity contribution is -0.123. The standard InChI is InChI=1S/C18H28N4O2.2ClH/c1-13(10-20-2)18(24)21-16-7-5-14(6-8-16)11-22-9-3-4-15(12-22)17(19)23;;/h5-8,13,15,20H,3-4,9-12H2,1-2H3,(H2,19,23)(H,21,24);2*1H. The zero-order valence-electron chi connectivity index (χ0n) is 15.4. The van der Waals surface area contributed by atoms with Crippen molar-refractivity contribution in [2.75, 3.05) is 32.0 Å². The first kappa shape index (κ1) is 24.7. The maximum atomic E-state index is 12.0. The number of nitrogens with one attached hydrogen (secondary N) is 2. The Bertz CT molecular complexity index is 569. The number of carbonyl (C=O) groups is 2. The molecule has 1 fully saturated rings. The molecule has 1 aliphatic heterocycles. The summed E-state index contributed by atoms with van der Waals surface area (Å²) in [7, 11) is 1.84. The van der Waals surface area contributed by atoms with E-state index in [0.717, 1.165) is 38.2 Å². The molecule has 2 unspecified atom stereocenters. The van der Waals surface area contributed by atoms with Crippen LogP contribution in [0.3, 0.4) is 0 Å². The van der Waals surface area contributed by atoms with Gasteiger partial charge in [0.2, 0.25) is 11.8 Å². The second-order valence-corrected chi connectivity index (χ2v) is 6.62. The molecule has 148 valence electrons. The van der Waals surface area contributed by atoms with Crippen LogP contribution in [-0.4, -0.2) is 43.4 Å². The summed E-state index contributed by atoms with van der Waals surface area (Å²) in [5, 5.41) is 5.93. The van der Waals surface area contributed by atoms with E-state index in [0.29, 0.717) is 6.54 Å². The lowest BCUT2D eigenvalue weighted by Gasteiger charge is -2.31. The molecule has 2 rings (SSSR count). The Balaban J connectivity index is 0.00000312. The fraction of sp³-hybridized carbons (Fsp3) is 0.556. The summed E-state index contributed by atoms with van der Waals surface area (Å²) >= 11 is 0. The van der Waals surface area contributed by atoms with Crippen LogP contribution in [0.15, 0.2) is 24.3 Å². The molecule has 8 heteroatoms. The van der Waals surface area contributed by atoms with Crippen molar-refractivity contribution < 1.29 is 9.59 Å². The largest absolute Gasteiger partial charge is 0.369 e. The number of nitrogens with two attached hydrogens (primary N) is 1. The predicted octanol–water partition coefficient (Wildman–Crippen LogP) is 2.02. The van der Waals surface area contributed by atoms with Gasteiger partial charge >= 0.3 is 0 Å². The van der Waals surface area contributed by atoms with Crippen LogP contribution < -0.4 is 16.4 Å². The molecule has 0 aliphatic carbocycles. The van der Waals surface area contributed by atoms with E-state index >= 15 is 0 Å². The number of hydrogen-bond donors (Lipinski definition) is 3. The summed E-state index contributed by atoms with van der Waals surface area (Å²) in [5.41, 5.74) is 7.40. The highest BCUT2D eigenvalue weighted by Gasteiger charge is 2.23. The number of anilines is 1. The molecule has 0 radical (unpaired) electrons. The van der Waals surface area contributed by atoms with Gasteiger partial charge in [0, 0.05) is 31.2 Å². The van der Waals surface area contributed by atoms with Gasteiger partial charge in [0.05, 0.1) is 5.92 Å². The molecule has 0 bridgehead atoms. The maximum Gasteiger partial charge on any atom is 0.228 e. The van der Waals surface area contributed by atoms with E-state index in [9.17, 15) is 9.59 Å². The van der Waals surface area contributed by atoms with Gasteiger partial charge in [-0.1, -0.05) is 19.1 Å². The smallest absolute Gasteiger partial charge is 0.228 e. The Morgan fingerprint density at radius 2 is 1.92 bits per heavy atom. The molecule has 0 saturated carbocycles. The van der Waals surface area contributed by atoms with Gasteiger partial charge in [-0.05, 0) is 44.1 Å². The molecule has 0 aromatic heterocycles. The van der Waals surface area contributed by atoms with Crippen LogP contribution in [0.25, 0.3) is 0 Å².